The van der Waals surface area contributed by atoms with E-state index >= 15 is 0 Å². The number of thiocarbonyl (C=S) groups is 1. The Morgan fingerprint density at radius 1 is 1.55 bits per heavy atom. The zero-order valence-corrected chi connectivity index (χ0v) is 12.5. The van der Waals surface area contributed by atoms with Crippen LogP contribution in [0, 0.1) is 17.2 Å². The van der Waals surface area contributed by atoms with E-state index in [1.807, 2.05) is 6.92 Å². The van der Waals surface area contributed by atoms with Gasteiger partial charge in [-0.3, -0.25) is 4.79 Å². The summed E-state index contributed by atoms with van der Waals surface area (Å²) in [6.45, 7) is 4.39. The van der Waals surface area contributed by atoms with Crippen molar-refractivity contribution in [2.24, 2.45) is 17.1 Å². The molecule has 1 aliphatic rings. The highest BCUT2D eigenvalue weighted by Gasteiger charge is 2.52. The highest BCUT2D eigenvalue weighted by atomic mass is 32.1. The topological polar surface area (TPSA) is 46.3 Å². The second kappa shape index (κ2) is 5.48. The van der Waals surface area contributed by atoms with Gasteiger partial charge in [0.1, 0.15) is 5.82 Å². The van der Waals surface area contributed by atoms with Crippen molar-refractivity contribution in [1.29, 1.82) is 0 Å². The van der Waals surface area contributed by atoms with Gasteiger partial charge in [0.05, 0.1) is 10.4 Å². The standard InChI is InChI=1S/C15H19FN2OS/c1-3-18(12-6-4-5-11(16)7-12)14(19)15(13(17)20)8-10(2)9-15/h4-7,10H,3,8-9H2,1-2H3,(H2,17,20). The van der Waals surface area contributed by atoms with Crippen LogP contribution in [0.2, 0.25) is 0 Å². The molecule has 0 spiro atoms. The fourth-order valence-electron chi connectivity index (χ4n) is 2.96. The van der Waals surface area contributed by atoms with E-state index in [2.05, 4.69) is 6.92 Å². The average Bonchev–Trinajstić information content (AvgIpc) is 2.35. The molecule has 0 saturated heterocycles. The van der Waals surface area contributed by atoms with Gasteiger partial charge < -0.3 is 10.6 Å². The second-order valence-corrected chi connectivity index (χ2v) is 5.93. The number of benzene rings is 1. The lowest BCUT2D eigenvalue weighted by molar-refractivity contribution is -0.130. The fraction of sp³-hybridized carbons (Fsp3) is 0.467. The van der Waals surface area contributed by atoms with Gasteiger partial charge in [0.25, 0.3) is 0 Å². The number of rotatable bonds is 4. The Labute approximate surface area is 123 Å². The number of hydrogen-bond donors (Lipinski definition) is 1. The van der Waals surface area contributed by atoms with Crippen molar-refractivity contribution in [1.82, 2.24) is 0 Å². The van der Waals surface area contributed by atoms with Gasteiger partial charge in [-0.05, 0) is 43.9 Å². The SMILES string of the molecule is CCN(C(=O)C1(C(N)=S)CC(C)C1)c1cccc(F)c1. The van der Waals surface area contributed by atoms with Gasteiger partial charge in [0.2, 0.25) is 5.91 Å². The Morgan fingerprint density at radius 3 is 2.65 bits per heavy atom. The average molecular weight is 294 g/mol. The third-order valence-electron chi connectivity index (χ3n) is 3.96. The summed E-state index contributed by atoms with van der Waals surface area (Å²) in [6.07, 6.45) is 1.35. The zero-order chi connectivity index (χ0) is 14.9. The van der Waals surface area contributed by atoms with Gasteiger partial charge in [-0.25, -0.2) is 4.39 Å². The maximum absolute atomic E-state index is 13.4. The number of anilines is 1. The summed E-state index contributed by atoms with van der Waals surface area (Å²) in [5.41, 5.74) is 5.60. The zero-order valence-electron chi connectivity index (χ0n) is 11.7. The van der Waals surface area contributed by atoms with Crippen LogP contribution in [0.15, 0.2) is 24.3 Å². The Balaban J connectivity index is 2.32. The van der Waals surface area contributed by atoms with E-state index in [9.17, 15) is 9.18 Å². The molecule has 0 atom stereocenters. The Morgan fingerprint density at radius 2 is 2.20 bits per heavy atom. The van der Waals surface area contributed by atoms with Gasteiger partial charge in [-0.15, -0.1) is 0 Å². The molecule has 108 valence electrons. The molecule has 2 N–H and O–H groups in total. The number of nitrogens with two attached hydrogens (primary N) is 1. The van der Waals surface area contributed by atoms with Gasteiger partial charge in [-0.2, -0.15) is 0 Å². The van der Waals surface area contributed by atoms with Gasteiger partial charge in [0.15, 0.2) is 0 Å². The van der Waals surface area contributed by atoms with Crippen molar-refractivity contribution in [3.63, 3.8) is 0 Å². The molecule has 0 aliphatic heterocycles. The van der Waals surface area contributed by atoms with Crippen LogP contribution < -0.4 is 10.6 Å². The largest absolute Gasteiger partial charge is 0.392 e. The van der Waals surface area contributed by atoms with E-state index < -0.39 is 5.41 Å². The van der Waals surface area contributed by atoms with E-state index in [0.717, 1.165) is 0 Å². The molecular weight excluding hydrogens is 275 g/mol. The summed E-state index contributed by atoms with van der Waals surface area (Å²) in [6, 6.07) is 6.03. The maximum atomic E-state index is 13.4. The van der Waals surface area contributed by atoms with E-state index in [1.165, 1.54) is 12.1 Å². The van der Waals surface area contributed by atoms with Crippen molar-refractivity contribution in [2.45, 2.75) is 26.7 Å². The lowest BCUT2D eigenvalue weighted by Gasteiger charge is -2.46. The molecule has 1 fully saturated rings. The smallest absolute Gasteiger partial charge is 0.240 e. The van der Waals surface area contributed by atoms with Gasteiger partial charge in [0, 0.05) is 12.2 Å². The first-order valence-electron chi connectivity index (χ1n) is 6.78. The maximum Gasteiger partial charge on any atom is 0.240 e. The second-order valence-electron chi connectivity index (χ2n) is 5.49. The summed E-state index contributed by atoms with van der Waals surface area (Å²) in [7, 11) is 0. The van der Waals surface area contributed by atoms with Crippen LogP contribution in [0.1, 0.15) is 26.7 Å². The molecule has 5 heteroatoms. The molecular formula is C15H19FN2OS. The van der Waals surface area contributed by atoms with E-state index in [0.29, 0.717) is 31.0 Å². The number of amides is 1. The van der Waals surface area contributed by atoms with Crippen LogP contribution in [0.4, 0.5) is 10.1 Å². The predicted octanol–water partition coefficient (Wildman–Crippen LogP) is 2.88. The monoisotopic (exact) mass is 294 g/mol. The number of nitrogens with zero attached hydrogens (tertiary/aromatic N) is 1. The number of carbonyl (C=O) groups excluding carboxylic acids is 1. The van der Waals surface area contributed by atoms with Crippen molar-refractivity contribution in [3.8, 4) is 0 Å². The molecule has 2 rings (SSSR count). The highest BCUT2D eigenvalue weighted by molar-refractivity contribution is 7.80. The van der Waals surface area contributed by atoms with E-state index in [-0.39, 0.29) is 16.7 Å². The molecule has 1 aromatic rings. The molecule has 0 unspecified atom stereocenters. The minimum absolute atomic E-state index is 0.115. The van der Waals surface area contributed by atoms with Crippen LogP contribution in [0.5, 0.6) is 0 Å². The lowest BCUT2D eigenvalue weighted by atomic mass is 9.61. The van der Waals surface area contributed by atoms with Crippen LogP contribution in [-0.4, -0.2) is 17.4 Å². The molecule has 1 amide bonds. The van der Waals surface area contributed by atoms with Crippen LogP contribution in [-0.2, 0) is 4.79 Å². The summed E-state index contributed by atoms with van der Waals surface area (Å²) < 4.78 is 13.4. The van der Waals surface area contributed by atoms with Crippen molar-refractivity contribution >= 4 is 28.8 Å². The van der Waals surface area contributed by atoms with Crippen molar-refractivity contribution < 1.29 is 9.18 Å². The summed E-state index contributed by atoms with van der Waals surface area (Å²) in [5, 5.41) is 0. The summed E-state index contributed by atoms with van der Waals surface area (Å²) >= 11 is 5.11. The predicted molar refractivity (Wildman–Crippen MR) is 82.0 cm³/mol. The first kappa shape index (κ1) is 14.9. The molecule has 1 aliphatic carbocycles. The van der Waals surface area contributed by atoms with Gasteiger partial charge >= 0.3 is 0 Å². The van der Waals surface area contributed by atoms with Crippen LogP contribution in [0.25, 0.3) is 0 Å². The van der Waals surface area contributed by atoms with Crippen LogP contribution in [0.3, 0.4) is 0 Å². The van der Waals surface area contributed by atoms with Gasteiger partial charge in [-0.1, -0.05) is 25.2 Å². The first-order valence-corrected chi connectivity index (χ1v) is 7.19. The third-order valence-corrected chi connectivity index (χ3v) is 4.35. The molecule has 20 heavy (non-hydrogen) atoms. The van der Waals surface area contributed by atoms with Crippen LogP contribution >= 0.6 is 12.2 Å². The minimum Gasteiger partial charge on any atom is -0.392 e. The highest BCUT2D eigenvalue weighted by Crippen LogP contribution is 2.47. The van der Waals surface area contributed by atoms with E-state index in [4.69, 9.17) is 18.0 Å². The molecule has 0 bridgehead atoms. The number of halogens is 1. The number of carbonyl (C=O) groups is 1. The Hall–Kier alpha value is -1.49. The summed E-state index contributed by atoms with van der Waals surface area (Å²) in [4.78, 5) is 14.6. The molecule has 1 saturated carbocycles. The Bertz CT molecular complexity index is 540. The quantitative estimate of drug-likeness (QED) is 0.869. The normalized spacial score (nSPS) is 24.9. The lowest BCUT2D eigenvalue weighted by Crippen LogP contribution is -2.57. The first-order chi connectivity index (χ1) is 9.40. The molecule has 0 aromatic heterocycles. The molecule has 1 aromatic carbocycles. The minimum atomic E-state index is -0.753. The Kier molecular flexibility index (Phi) is 4.09. The van der Waals surface area contributed by atoms with Crippen molar-refractivity contribution in [3.05, 3.63) is 30.1 Å². The third kappa shape index (κ3) is 2.42. The molecule has 0 heterocycles. The van der Waals surface area contributed by atoms with E-state index in [1.54, 1.807) is 17.0 Å². The number of hydrogen-bond acceptors (Lipinski definition) is 2. The summed E-state index contributed by atoms with van der Waals surface area (Å²) in [5.74, 6) is -0.0389. The molecule has 3 nitrogen and oxygen atoms in total. The van der Waals surface area contributed by atoms with Crippen molar-refractivity contribution in [2.75, 3.05) is 11.4 Å². The fourth-order valence-corrected chi connectivity index (χ4v) is 3.21. The molecule has 0 radical (unpaired) electrons.